The van der Waals surface area contributed by atoms with Crippen LogP contribution in [0.25, 0.3) is 0 Å². The summed E-state index contributed by atoms with van der Waals surface area (Å²) < 4.78 is 0. The highest BCUT2D eigenvalue weighted by Crippen LogP contribution is 2.24. The number of benzene rings is 2. The lowest BCUT2D eigenvalue weighted by Crippen LogP contribution is -2.21. The molecule has 2 rings (SSSR count). The van der Waals surface area contributed by atoms with E-state index in [1.807, 2.05) is 30.3 Å². The number of rotatable bonds is 4. The number of nitrogen functional groups attached to an aromatic ring is 1. The molecule has 0 aliphatic carbocycles. The fourth-order valence-electron chi connectivity index (χ4n) is 1.99. The first-order chi connectivity index (χ1) is 9.10. The summed E-state index contributed by atoms with van der Waals surface area (Å²) >= 11 is 5.92. The summed E-state index contributed by atoms with van der Waals surface area (Å²) in [5.74, 6) is 0.270. The highest BCUT2D eigenvalue weighted by atomic mass is 35.5. The third kappa shape index (κ3) is 3.32. The zero-order valence-corrected chi connectivity index (χ0v) is 11.6. The molecule has 0 amide bonds. The Morgan fingerprint density at radius 1 is 1.21 bits per heavy atom. The van der Waals surface area contributed by atoms with Crippen LogP contribution in [-0.2, 0) is 6.54 Å². The lowest BCUT2D eigenvalue weighted by molar-refractivity contribution is 0.475. The van der Waals surface area contributed by atoms with Crippen LogP contribution < -0.4 is 10.6 Å². The molecule has 0 saturated heterocycles. The van der Waals surface area contributed by atoms with Crippen molar-refractivity contribution < 1.29 is 5.11 Å². The number of hydrogen-bond donors (Lipinski definition) is 2. The summed E-state index contributed by atoms with van der Waals surface area (Å²) in [7, 11) is 0. The van der Waals surface area contributed by atoms with Crippen LogP contribution in [0.5, 0.6) is 5.75 Å². The van der Waals surface area contributed by atoms with Gasteiger partial charge in [-0.15, -0.1) is 0 Å². The molecular formula is C15H17ClN2O. The number of halogens is 1. The van der Waals surface area contributed by atoms with Crippen molar-refractivity contribution in [3.05, 3.63) is 53.1 Å². The van der Waals surface area contributed by atoms with Crippen LogP contribution in [0.15, 0.2) is 42.5 Å². The van der Waals surface area contributed by atoms with E-state index in [1.54, 1.807) is 12.1 Å². The molecule has 0 spiro atoms. The van der Waals surface area contributed by atoms with Gasteiger partial charge >= 0.3 is 0 Å². The van der Waals surface area contributed by atoms with Gasteiger partial charge in [0.1, 0.15) is 5.75 Å². The molecule has 0 unspecified atom stereocenters. The molecule has 0 fully saturated rings. The summed E-state index contributed by atoms with van der Waals surface area (Å²) in [4.78, 5) is 2.16. The molecule has 0 aliphatic rings. The van der Waals surface area contributed by atoms with Crippen molar-refractivity contribution in [3.63, 3.8) is 0 Å². The molecule has 0 heterocycles. The molecule has 0 bridgehead atoms. The molecule has 2 aromatic carbocycles. The number of hydrogen-bond acceptors (Lipinski definition) is 3. The summed E-state index contributed by atoms with van der Waals surface area (Å²) in [6.45, 7) is 3.64. The largest absolute Gasteiger partial charge is 0.508 e. The average molecular weight is 277 g/mol. The topological polar surface area (TPSA) is 49.5 Å². The van der Waals surface area contributed by atoms with Crippen molar-refractivity contribution in [1.82, 2.24) is 0 Å². The number of nitrogens with two attached hydrogens (primary N) is 1. The van der Waals surface area contributed by atoms with E-state index in [-0.39, 0.29) is 5.75 Å². The minimum absolute atomic E-state index is 0.270. The molecule has 100 valence electrons. The Balaban J connectivity index is 2.21. The van der Waals surface area contributed by atoms with E-state index in [9.17, 15) is 5.11 Å². The van der Waals surface area contributed by atoms with E-state index in [0.29, 0.717) is 10.7 Å². The minimum atomic E-state index is 0.270. The number of anilines is 2. The Morgan fingerprint density at radius 3 is 2.63 bits per heavy atom. The monoisotopic (exact) mass is 276 g/mol. The minimum Gasteiger partial charge on any atom is -0.508 e. The zero-order chi connectivity index (χ0) is 13.8. The maximum Gasteiger partial charge on any atom is 0.117 e. The normalized spacial score (nSPS) is 10.4. The highest BCUT2D eigenvalue weighted by molar-refractivity contribution is 6.33. The number of aromatic hydroxyl groups is 1. The molecule has 0 saturated carbocycles. The van der Waals surface area contributed by atoms with E-state index in [1.165, 1.54) is 0 Å². The second kappa shape index (κ2) is 5.85. The van der Waals surface area contributed by atoms with Gasteiger partial charge in [-0.1, -0.05) is 23.7 Å². The Labute approximate surface area is 118 Å². The third-order valence-corrected chi connectivity index (χ3v) is 3.35. The number of nitrogens with zero attached hydrogens (tertiary/aromatic N) is 1. The number of phenols is 1. The van der Waals surface area contributed by atoms with Gasteiger partial charge in [0.25, 0.3) is 0 Å². The molecule has 3 nitrogen and oxygen atoms in total. The Kier molecular flexibility index (Phi) is 4.17. The number of phenolic OH excluding ortho intramolecular Hbond substituents is 1. The van der Waals surface area contributed by atoms with Crippen molar-refractivity contribution in [2.24, 2.45) is 0 Å². The van der Waals surface area contributed by atoms with Crippen molar-refractivity contribution in [1.29, 1.82) is 0 Å². The quantitative estimate of drug-likeness (QED) is 0.838. The molecular weight excluding hydrogens is 260 g/mol. The van der Waals surface area contributed by atoms with Gasteiger partial charge in [0.05, 0.1) is 10.7 Å². The maximum atomic E-state index is 9.54. The second-order valence-electron chi connectivity index (χ2n) is 4.39. The lowest BCUT2D eigenvalue weighted by Gasteiger charge is -2.23. The molecule has 2 aromatic rings. The van der Waals surface area contributed by atoms with E-state index in [2.05, 4.69) is 11.8 Å². The van der Waals surface area contributed by atoms with Crippen molar-refractivity contribution in [3.8, 4) is 5.75 Å². The first-order valence-corrected chi connectivity index (χ1v) is 6.56. The second-order valence-corrected chi connectivity index (χ2v) is 4.80. The third-order valence-electron chi connectivity index (χ3n) is 3.01. The Hall–Kier alpha value is -1.87. The van der Waals surface area contributed by atoms with Gasteiger partial charge in [0, 0.05) is 24.8 Å². The van der Waals surface area contributed by atoms with Crippen molar-refractivity contribution >= 4 is 23.0 Å². The lowest BCUT2D eigenvalue weighted by atomic mass is 10.1. The molecule has 3 N–H and O–H groups in total. The predicted molar refractivity (Wildman–Crippen MR) is 80.7 cm³/mol. The standard InChI is InChI=1S/C15H17ClN2O/c1-2-18(12-4-3-5-13(19)9-12)10-11-6-7-14(16)15(17)8-11/h3-9,19H,2,10,17H2,1H3. The van der Waals surface area contributed by atoms with Gasteiger partial charge in [-0.2, -0.15) is 0 Å². The Morgan fingerprint density at radius 2 is 2.00 bits per heavy atom. The average Bonchev–Trinajstić information content (AvgIpc) is 2.40. The molecule has 19 heavy (non-hydrogen) atoms. The first kappa shape index (κ1) is 13.6. The molecule has 0 atom stereocenters. The maximum absolute atomic E-state index is 9.54. The van der Waals surface area contributed by atoms with Crippen LogP contribution >= 0.6 is 11.6 Å². The van der Waals surface area contributed by atoms with Crippen LogP contribution in [0.3, 0.4) is 0 Å². The molecule has 0 aromatic heterocycles. The Bertz CT molecular complexity index is 572. The van der Waals surface area contributed by atoms with Gasteiger partial charge in [-0.3, -0.25) is 0 Å². The van der Waals surface area contributed by atoms with Crippen LogP contribution in [0.2, 0.25) is 5.02 Å². The zero-order valence-electron chi connectivity index (χ0n) is 10.8. The summed E-state index contributed by atoms with van der Waals surface area (Å²) in [5, 5.41) is 10.1. The van der Waals surface area contributed by atoms with Crippen LogP contribution in [-0.4, -0.2) is 11.7 Å². The van der Waals surface area contributed by atoms with Crippen molar-refractivity contribution in [2.45, 2.75) is 13.5 Å². The van der Waals surface area contributed by atoms with Crippen LogP contribution in [0, 0.1) is 0 Å². The van der Waals surface area contributed by atoms with Gasteiger partial charge in [0.2, 0.25) is 0 Å². The fourth-order valence-corrected chi connectivity index (χ4v) is 2.10. The van der Waals surface area contributed by atoms with E-state index < -0.39 is 0 Å². The summed E-state index contributed by atoms with van der Waals surface area (Å²) in [6, 6.07) is 12.9. The molecule has 0 aliphatic heterocycles. The summed E-state index contributed by atoms with van der Waals surface area (Å²) in [6.07, 6.45) is 0. The van der Waals surface area contributed by atoms with E-state index in [4.69, 9.17) is 17.3 Å². The highest BCUT2D eigenvalue weighted by Gasteiger charge is 2.07. The smallest absolute Gasteiger partial charge is 0.117 e. The van der Waals surface area contributed by atoms with Crippen molar-refractivity contribution in [2.75, 3.05) is 17.2 Å². The van der Waals surface area contributed by atoms with Gasteiger partial charge in [-0.25, -0.2) is 0 Å². The first-order valence-electron chi connectivity index (χ1n) is 6.18. The molecule has 0 radical (unpaired) electrons. The SMILES string of the molecule is CCN(Cc1ccc(Cl)c(N)c1)c1cccc(O)c1. The van der Waals surface area contributed by atoms with Gasteiger partial charge in [0.15, 0.2) is 0 Å². The van der Waals surface area contributed by atoms with Gasteiger partial charge in [-0.05, 0) is 36.8 Å². The van der Waals surface area contributed by atoms with Crippen LogP contribution in [0.1, 0.15) is 12.5 Å². The summed E-state index contributed by atoms with van der Waals surface area (Å²) in [5.41, 5.74) is 8.47. The van der Waals surface area contributed by atoms with Crippen LogP contribution in [0.4, 0.5) is 11.4 Å². The molecule has 4 heteroatoms. The van der Waals surface area contributed by atoms with E-state index >= 15 is 0 Å². The fraction of sp³-hybridized carbons (Fsp3) is 0.200. The van der Waals surface area contributed by atoms with Gasteiger partial charge < -0.3 is 15.7 Å². The predicted octanol–water partition coefficient (Wildman–Crippen LogP) is 3.65. The van der Waals surface area contributed by atoms with E-state index in [0.717, 1.165) is 24.3 Å².